The van der Waals surface area contributed by atoms with E-state index in [-0.39, 0.29) is 24.1 Å². The van der Waals surface area contributed by atoms with Gasteiger partial charge in [-0.25, -0.2) is 0 Å². The second-order valence-corrected chi connectivity index (χ2v) is 7.22. The maximum Gasteiger partial charge on any atom is 0.243 e. The van der Waals surface area contributed by atoms with E-state index < -0.39 is 6.04 Å². The van der Waals surface area contributed by atoms with Gasteiger partial charge in [0, 0.05) is 45.0 Å². The van der Waals surface area contributed by atoms with E-state index in [0.29, 0.717) is 25.3 Å². The monoisotopic (exact) mass is 387 g/mol. The predicted octanol–water partition coefficient (Wildman–Crippen LogP) is -0.0203. The number of carbonyl (C=O) groups is 3. The predicted molar refractivity (Wildman–Crippen MR) is 107 cm³/mol. The molecule has 2 aliphatic rings. The Morgan fingerprint density at radius 1 is 1.07 bits per heavy atom. The van der Waals surface area contributed by atoms with Crippen molar-refractivity contribution in [3.8, 4) is 0 Å². The van der Waals surface area contributed by atoms with Crippen LogP contribution in [-0.2, 0) is 14.4 Å². The largest absolute Gasteiger partial charge is 0.353 e. The summed E-state index contributed by atoms with van der Waals surface area (Å²) in [6, 6.07) is 8.34. The number of anilines is 1. The fourth-order valence-electron chi connectivity index (χ4n) is 3.67. The summed E-state index contributed by atoms with van der Waals surface area (Å²) in [6.07, 6.45) is -0.0456. The number of para-hydroxylation sites is 1. The molecule has 3 rings (SSSR count). The summed E-state index contributed by atoms with van der Waals surface area (Å²) in [5.41, 5.74) is 0.676. The Hall–Kier alpha value is -2.45. The van der Waals surface area contributed by atoms with Crippen LogP contribution in [0.5, 0.6) is 0 Å². The summed E-state index contributed by atoms with van der Waals surface area (Å²) >= 11 is 0. The van der Waals surface area contributed by atoms with Crippen molar-refractivity contribution in [2.45, 2.75) is 19.4 Å². The van der Waals surface area contributed by atoms with Gasteiger partial charge in [0.15, 0.2) is 0 Å². The molecule has 0 aliphatic carbocycles. The number of amides is 3. The Morgan fingerprint density at radius 3 is 2.43 bits per heavy atom. The quantitative estimate of drug-likeness (QED) is 0.717. The second-order valence-electron chi connectivity index (χ2n) is 7.22. The number of nitrogens with one attached hydrogen (secondary N) is 2. The molecule has 1 aromatic rings. The van der Waals surface area contributed by atoms with Crippen LogP contribution in [0.4, 0.5) is 5.69 Å². The minimum atomic E-state index is -0.762. The molecule has 2 heterocycles. The Balaban J connectivity index is 1.57. The van der Waals surface area contributed by atoms with E-state index in [0.717, 1.165) is 32.7 Å². The van der Waals surface area contributed by atoms with Crippen LogP contribution >= 0.6 is 0 Å². The average Bonchev–Trinajstić information content (AvgIpc) is 2.70. The van der Waals surface area contributed by atoms with Crippen molar-refractivity contribution in [3.63, 3.8) is 0 Å². The molecule has 152 valence electrons. The van der Waals surface area contributed by atoms with Gasteiger partial charge in [0.2, 0.25) is 17.7 Å². The third-order valence-electron chi connectivity index (χ3n) is 5.36. The molecule has 0 aromatic heterocycles. The highest BCUT2D eigenvalue weighted by molar-refractivity contribution is 5.97. The molecule has 3 amide bonds. The lowest BCUT2D eigenvalue weighted by Gasteiger charge is -2.38. The molecule has 0 spiro atoms. The van der Waals surface area contributed by atoms with Crippen LogP contribution in [0.15, 0.2) is 30.3 Å². The van der Waals surface area contributed by atoms with Crippen LogP contribution in [0.1, 0.15) is 13.3 Å². The molecule has 0 bridgehead atoms. The summed E-state index contributed by atoms with van der Waals surface area (Å²) in [7, 11) is 0. The van der Waals surface area contributed by atoms with E-state index in [1.807, 2.05) is 18.2 Å². The van der Waals surface area contributed by atoms with Crippen LogP contribution in [0, 0.1) is 0 Å². The maximum absolute atomic E-state index is 12.9. The summed E-state index contributed by atoms with van der Waals surface area (Å²) in [5.74, 6) is -0.626. The third kappa shape index (κ3) is 5.30. The topological polar surface area (TPSA) is 85.0 Å². The molecule has 1 unspecified atom stereocenters. The number of carbonyl (C=O) groups excluding carboxylic acids is 3. The molecule has 28 heavy (non-hydrogen) atoms. The molecule has 2 saturated heterocycles. The number of hydrogen-bond acceptors (Lipinski definition) is 5. The zero-order valence-electron chi connectivity index (χ0n) is 16.4. The van der Waals surface area contributed by atoms with E-state index in [9.17, 15) is 14.4 Å². The average molecular weight is 387 g/mol. The molecule has 2 fully saturated rings. The minimum Gasteiger partial charge on any atom is -0.353 e. The first-order valence-corrected chi connectivity index (χ1v) is 9.93. The van der Waals surface area contributed by atoms with Crippen LogP contribution in [-0.4, -0.2) is 90.8 Å². The Morgan fingerprint density at radius 2 is 1.75 bits per heavy atom. The third-order valence-corrected chi connectivity index (χ3v) is 5.36. The molecule has 2 N–H and O–H groups in total. The standard InChI is InChI=1S/C20H29N5O3/c1-2-23-10-12-24(13-11-23)15-19(27)25-9-8-21-20(28)17(25)14-18(26)22-16-6-4-3-5-7-16/h3-7,17H,2,8-15H2,1H3,(H,21,28)(H,22,26). The molecule has 0 saturated carbocycles. The molecular weight excluding hydrogens is 358 g/mol. The van der Waals surface area contributed by atoms with Gasteiger partial charge in [0.1, 0.15) is 6.04 Å². The first-order chi connectivity index (χ1) is 13.6. The maximum atomic E-state index is 12.9. The lowest BCUT2D eigenvalue weighted by molar-refractivity contribution is -0.145. The van der Waals surface area contributed by atoms with E-state index in [2.05, 4.69) is 27.4 Å². The molecule has 8 nitrogen and oxygen atoms in total. The fourth-order valence-corrected chi connectivity index (χ4v) is 3.67. The van der Waals surface area contributed by atoms with E-state index >= 15 is 0 Å². The van der Waals surface area contributed by atoms with Crippen LogP contribution in [0.25, 0.3) is 0 Å². The van der Waals surface area contributed by atoms with Crippen molar-refractivity contribution in [2.24, 2.45) is 0 Å². The van der Waals surface area contributed by atoms with Gasteiger partial charge in [-0.05, 0) is 18.7 Å². The SMILES string of the molecule is CCN1CCN(CC(=O)N2CCNC(=O)C2CC(=O)Nc2ccccc2)CC1. The number of piperazine rings is 2. The minimum absolute atomic E-state index is 0.0456. The van der Waals surface area contributed by atoms with Gasteiger partial charge in [-0.15, -0.1) is 0 Å². The van der Waals surface area contributed by atoms with E-state index in [1.165, 1.54) is 0 Å². The van der Waals surface area contributed by atoms with Gasteiger partial charge in [-0.2, -0.15) is 0 Å². The van der Waals surface area contributed by atoms with E-state index in [4.69, 9.17) is 0 Å². The normalized spacial score (nSPS) is 21.2. The molecule has 8 heteroatoms. The van der Waals surface area contributed by atoms with Gasteiger partial charge < -0.3 is 20.4 Å². The highest BCUT2D eigenvalue weighted by Crippen LogP contribution is 2.13. The van der Waals surface area contributed by atoms with Gasteiger partial charge in [0.25, 0.3) is 0 Å². The van der Waals surface area contributed by atoms with Gasteiger partial charge >= 0.3 is 0 Å². The second kappa shape index (κ2) is 9.66. The summed E-state index contributed by atoms with van der Waals surface area (Å²) < 4.78 is 0. The lowest BCUT2D eigenvalue weighted by atomic mass is 10.1. The van der Waals surface area contributed by atoms with Gasteiger partial charge in [-0.1, -0.05) is 25.1 Å². The molecular formula is C20H29N5O3. The fraction of sp³-hybridized carbons (Fsp3) is 0.550. The van der Waals surface area contributed by atoms with Gasteiger partial charge in [0.05, 0.1) is 13.0 Å². The number of likely N-dealkylation sites (N-methyl/N-ethyl adjacent to an activating group) is 1. The lowest BCUT2D eigenvalue weighted by Crippen LogP contribution is -2.60. The summed E-state index contributed by atoms with van der Waals surface area (Å²) in [6.45, 7) is 7.90. The zero-order chi connectivity index (χ0) is 19.9. The molecule has 1 atom stereocenters. The van der Waals surface area contributed by atoms with Gasteiger partial charge in [-0.3, -0.25) is 19.3 Å². The number of hydrogen-bond donors (Lipinski definition) is 2. The van der Waals surface area contributed by atoms with Crippen molar-refractivity contribution in [3.05, 3.63) is 30.3 Å². The van der Waals surface area contributed by atoms with Crippen LogP contribution in [0.3, 0.4) is 0 Å². The molecule has 1 aromatic carbocycles. The van der Waals surface area contributed by atoms with Crippen molar-refractivity contribution in [2.75, 3.05) is 57.7 Å². The smallest absolute Gasteiger partial charge is 0.243 e. The number of nitrogens with zero attached hydrogens (tertiary/aromatic N) is 3. The van der Waals surface area contributed by atoms with Crippen LogP contribution < -0.4 is 10.6 Å². The summed E-state index contributed by atoms with van der Waals surface area (Å²) in [5, 5.41) is 5.56. The Bertz CT molecular complexity index is 688. The first kappa shape index (κ1) is 20.3. The Labute approximate surface area is 165 Å². The molecule has 0 radical (unpaired) electrons. The first-order valence-electron chi connectivity index (χ1n) is 9.93. The van der Waals surface area contributed by atoms with E-state index in [1.54, 1.807) is 17.0 Å². The van der Waals surface area contributed by atoms with Crippen molar-refractivity contribution < 1.29 is 14.4 Å². The molecule has 2 aliphatic heterocycles. The number of rotatable bonds is 6. The van der Waals surface area contributed by atoms with Crippen molar-refractivity contribution in [1.82, 2.24) is 20.0 Å². The number of benzene rings is 1. The van der Waals surface area contributed by atoms with Crippen molar-refractivity contribution in [1.29, 1.82) is 0 Å². The highest BCUT2D eigenvalue weighted by Gasteiger charge is 2.35. The summed E-state index contributed by atoms with van der Waals surface area (Å²) in [4.78, 5) is 43.7. The zero-order valence-corrected chi connectivity index (χ0v) is 16.4. The van der Waals surface area contributed by atoms with Crippen LogP contribution in [0.2, 0.25) is 0 Å². The highest BCUT2D eigenvalue weighted by atomic mass is 16.2. The Kier molecular flexibility index (Phi) is 7.00. The van der Waals surface area contributed by atoms with Crippen molar-refractivity contribution >= 4 is 23.4 Å².